The average Bonchev–Trinajstić information content (AvgIpc) is 2.31. The van der Waals surface area contributed by atoms with Gasteiger partial charge in [-0.1, -0.05) is 0 Å². The molecule has 0 aliphatic carbocycles. The van der Waals surface area contributed by atoms with Crippen molar-refractivity contribution in [1.29, 1.82) is 0 Å². The van der Waals surface area contributed by atoms with Gasteiger partial charge in [0.15, 0.2) is 5.82 Å². The van der Waals surface area contributed by atoms with E-state index < -0.39 is 0 Å². The molecule has 0 bridgehead atoms. The molecule has 2 aliphatic heterocycles. The fraction of sp³-hybridized carbons (Fsp3) is 0.500. The molecule has 16 heavy (non-hydrogen) atoms. The van der Waals surface area contributed by atoms with Crippen LogP contribution < -0.4 is 10.2 Å². The minimum atomic E-state index is -0.0905. The van der Waals surface area contributed by atoms with E-state index in [1.54, 1.807) is 6.20 Å². The van der Waals surface area contributed by atoms with Gasteiger partial charge < -0.3 is 10.2 Å². The summed E-state index contributed by atoms with van der Waals surface area (Å²) in [5, 5.41) is 3.04. The Morgan fingerprint density at radius 1 is 1.50 bits per heavy atom. The Morgan fingerprint density at radius 3 is 3.25 bits per heavy atom. The summed E-state index contributed by atoms with van der Waals surface area (Å²) in [4.78, 5) is 21.9. The molecule has 1 N–H and O–H groups in total. The highest BCUT2D eigenvalue weighted by Gasteiger charge is 2.35. The Bertz CT molecular complexity index is 450. The topological polar surface area (TPSA) is 58.1 Å². The van der Waals surface area contributed by atoms with Crippen molar-refractivity contribution >= 4 is 29.0 Å². The number of piperidine rings is 1. The van der Waals surface area contributed by atoms with Crippen LogP contribution in [0.25, 0.3) is 0 Å². The molecule has 3 rings (SSSR count). The smallest absolute Gasteiger partial charge is 0.247 e. The second-order valence-electron chi connectivity index (χ2n) is 4.07. The minimum absolute atomic E-state index is 0.0399. The first kappa shape index (κ1) is 9.84. The first-order valence-electron chi connectivity index (χ1n) is 5.36. The normalized spacial score (nSPS) is 23.4. The summed E-state index contributed by atoms with van der Waals surface area (Å²) in [6.45, 7) is 0.860. The molecular formula is C10H11ClN4O. The van der Waals surface area contributed by atoms with Crippen LogP contribution >= 0.6 is 11.6 Å². The molecule has 1 saturated heterocycles. The Kier molecular flexibility index (Phi) is 2.21. The molecule has 84 valence electrons. The Hall–Kier alpha value is -1.36. The van der Waals surface area contributed by atoms with Crippen LogP contribution in [-0.2, 0) is 4.79 Å². The van der Waals surface area contributed by atoms with Crippen LogP contribution in [0.2, 0.25) is 5.28 Å². The number of nitrogens with one attached hydrogen (secondary N) is 1. The van der Waals surface area contributed by atoms with Gasteiger partial charge in [0, 0.05) is 6.54 Å². The third-order valence-corrected chi connectivity index (χ3v) is 3.26. The van der Waals surface area contributed by atoms with Crippen LogP contribution in [0, 0.1) is 0 Å². The average molecular weight is 239 g/mol. The lowest BCUT2D eigenvalue weighted by atomic mass is 9.99. The Balaban J connectivity index is 2.07. The quantitative estimate of drug-likeness (QED) is 0.695. The molecule has 1 atom stereocenters. The molecule has 6 heteroatoms. The summed E-state index contributed by atoms with van der Waals surface area (Å²) in [5.74, 6) is 0.794. The van der Waals surface area contributed by atoms with Gasteiger partial charge in [0.1, 0.15) is 11.7 Å². The first-order chi connectivity index (χ1) is 7.75. The zero-order chi connectivity index (χ0) is 11.1. The number of fused-ring (bicyclic) bond motifs is 3. The van der Waals surface area contributed by atoms with Crippen LogP contribution in [0.1, 0.15) is 19.3 Å². The van der Waals surface area contributed by atoms with Crippen molar-refractivity contribution in [2.75, 3.05) is 16.8 Å². The number of nitrogens with zero attached hydrogens (tertiary/aromatic N) is 3. The molecular weight excluding hydrogens is 228 g/mol. The number of halogens is 1. The van der Waals surface area contributed by atoms with Gasteiger partial charge in [-0.15, -0.1) is 0 Å². The van der Waals surface area contributed by atoms with E-state index in [2.05, 4.69) is 15.3 Å². The summed E-state index contributed by atoms with van der Waals surface area (Å²) >= 11 is 5.78. The molecule has 1 unspecified atom stereocenters. The fourth-order valence-electron chi connectivity index (χ4n) is 2.33. The van der Waals surface area contributed by atoms with Gasteiger partial charge in [-0.05, 0) is 30.9 Å². The molecule has 0 spiro atoms. The lowest BCUT2D eigenvalue weighted by Gasteiger charge is -2.39. The summed E-state index contributed by atoms with van der Waals surface area (Å²) in [6, 6.07) is -0.0905. The largest absolute Gasteiger partial charge is 0.343 e. The van der Waals surface area contributed by atoms with Crippen molar-refractivity contribution in [2.24, 2.45) is 0 Å². The van der Waals surface area contributed by atoms with Crippen molar-refractivity contribution in [3.8, 4) is 0 Å². The van der Waals surface area contributed by atoms with Gasteiger partial charge in [0.05, 0.1) is 6.20 Å². The highest BCUT2D eigenvalue weighted by atomic mass is 35.5. The van der Waals surface area contributed by atoms with Gasteiger partial charge in [0.25, 0.3) is 0 Å². The van der Waals surface area contributed by atoms with Crippen molar-refractivity contribution in [1.82, 2.24) is 9.97 Å². The van der Waals surface area contributed by atoms with E-state index in [-0.39, 0.29) is 17.2 Å². The van der Waals surface area contributed by atoms with Crippen LogP contribution in [0.4, 0.5) is 11.5 Å². The third kappa shape index (κ3) is 1.43. The molecule has 2 aliphatic rings. The SMILES string of the molecule is O=C1Nc2cnc(Cl)nc2N2CCCCC12. The molecule has 1 aromatic rings. The number of hydrogen-bond donors (Lipinski definition) is 1. The van der Waals surface area contributed by atoms with Gasteiger partial charge in [-0.25, -0.2) is 4.98 Å². The molecule has 0 saturated carbocycles. The van der Waals surface area contributed by atoms with E-state index in [0.717, 1.165) is 31.6 Å². The van der Waals surface area contributed by atoms with Crippen LogP contribution in [-0.4, -0.2) is 28.5 Å². The Morgan fingerprint density at radius 2 is 2.38 bits per heavy atom. The van der Waals surface area contributed by atoms with E-state index in [1.165, 1.54) is 0 Å². The fourth-order valence-corrected chi connectivity index (χ4v) is 2.46. The number of aromatic nitrogens is 2. The second kappa shape index (κ2) is 3.59. The molecule has 1 fully saturated rings. The standard InChI is InChI=1S/C10H11ClN4O/c11-10-12-5-6-8(14-10)15-4-2-1-3-7(15)9(16)13-6/h5,7H,1-4H2,(H,13,16). The van der Waals surface area contributed by atoms with E-state index in [9.17, 15) is 4.79 Å². The molecule has 0 aromatic carbocycles. The molecule has 1 amide bonds. The predicted octanol–water partition coefficient (Wildman–Crippen LogP) is 1.44. The number of carbonyl (C=O) groups excluding carboxylic acids is 1. The predicted molar refractivity (Wildman–Crippen MR) is 60.7 cm³/mol. The van der Waals surface area contributed by atoms with E-state index in [4.69, 9.17) is 11.6 Å². The van der Waals surface area contributed by atoms with Gasteiger partial charge in [-0.2, -0.15) is 4.98 Å². The minimum Gasteiger partial charge on any atom is -0.343 e. The molecule has 1 aromatic heterocycles. The van der Waals surface area contributed by atoms with Crippen LogP contribution in [0.5, 0.6) is 0 Å². The number of amides is 1. The summed E-state index contributed by atoms with van der Waals surface area (Å²) in [7, 11) is 0. The highest BCUT2D eigenvalue weighted by Crippen LogP contribution is 2.34. The maximum absolute atomic E-state index is 11.8. The van der Waals surface area contributed by atoms with Gasteiger partial charge in [-0.3, -0.25) is 4.79 Å². The van der Waals surface area contributed by atoms with E-state index in [1.807, 2.05) is 4.90 Å². The summed E-state index contributed by atoms with van der Waals surface area (Å²) in [5.41, 5.74) is 0.660. The third-order valence-electron chi connectivity index (χ3n) is 3.07. The van der Waals surface area contributed by atoms with E-state index in [0.29, 0.717) is 5.69 Å². The molecule has 5 nitrogen and oxygen atoms in total. The Labute approximate surface area is 97.8 Å². The lowest BCUT2D eigenvalue weighted by molar-refractivity contribution is -0.118. The maximum Gasteiger partial charge on any atom is 0.247 e. The van der Waals surface area contributed by atoms with Crippen LogP contribution in [0.3, 0.4) is 0 Å². The van der Waals surface area contributed by atoms with Crippen LogP contribution in [0.15, 0.2) is 6.20 Å². The van der Waals surface area contributed by atoms with Crippen molar-refractivity contribution in [3.63, 3.8) is 0 Å². The number of carbonyl (C=O) groups is 1. The number of hydrogen-bond acceptors (Lipinski definition) is 4. The molecule has 0 radical (unpaired) electrons. The van der Waals surface area contributed by atoms with Crippen molar-refractivity contribution in [3.05, 3.63) is 11.5 Å². The zero-order valence-electron chi connectivity index (χ0n) is 8.61. The number of rotatable bonds is 0. The summed E-state index contributed by atoms with van der Waals surface area (Å²) < 4.78 is 0. The second-order valence-corrected chi connectivity index (χ2v) is 4.41. The highest BCUT2D eigenvalue weighted by molar-refractivity contribution is 6.28. The summed E-state index contributed by atoms with van der Waals surface area (Å²) in [6.07, 6.45) is 4.62. The zero-order valence-corrected chi connectivity index (χ0v) is 9.37. The maximum atomic E-state index is 11.8. The van der Waals surface area contributed by atoms with Crippen molar-refractivity contribution in [2.45, 2.75) is 25.3 Å². The first-order valence-corrected chi connectivity index (χ1v) is 5.73. The van der Waals surface area contributed by atoms with Gasteiger partial charge in [0.2, 0.25) is 11.2 Å². The van der Waals surface area contributed by atoms with E-state index >= 15 is 0 Å². The molecule has 3 heterocycles. The monoisotopic (exact) mass is 238 g/mol. The number of anilines is 2. The lowest BCUT2D eigenvalue weighted by Crippen LogP contribution is -2.51. The van der Waals surface area contributed by atoms with Gasteiger partial charge >= 0.3 is 0 Å². The van der Waals surface area contributed by atoms with Crippen molar-refractivity contribution < 1.29 is 4.79 Å².